The van der Waals surface area contributed by atoms with Crippen molar-refractivity contribution in [3.8, 4) is 0 Å². The molecule has 0 radical (unpaired) electrons. The van der Waals surface area contributed by atoms with Gasteiger partial charge in [0.2, 0.25) is 5.91 Å². The number of carbonyl (C=O) groups excluding carboxylic acids is 2. The second-order valence-electron chi connectivity index (χ2n) is 4.21. The van der Waals surface area contributed by atoms with Crippen molar-refractivity contribution in [2.45, 2.75) is 13.8 Å². The molecule has 0 bridgehead atoms. The summed E-state index contributed by atoms with van der Waals surface area (Å²) in [4.78, 5) is 36.5. The van der Waals surface area contributed by atoms with E-state index in [0.717, 1.165) is 0 Å². The first kappa shape index (κ1) is 12.3. The quantitative estimate of drug-likeness (QED) is 0.665. The van der Waals surface area contributed by atoms with E-state index in [-0.39, 0.29) is 18.0 Å². The van der Waals surface area contributed by atoms with E-state index in [0.29, 0.717) is 24.3 Å². The third kappa shape index (κ3) is 2.11. The highest BCUT2D eigenvalue weighted by atomic mass is 16.2. The molecule has 7 nitrogen and oxygen atoms in total. The summed E-state index contributed by atoms with van der Waals surface area (Å²) >= 11 is 0. The molecule has 0 saturated carbocycles. The van der Waals surface area contributed by atoms with Crippen molar-refractivity contribution < 1.29 is 9.59 Å². The van der Waals surface area contributed by atoms with Gasteiger partial charge in [-0.25, -0.2) is 5.10 Å². The van der Waals surface area contributed by atoms with Crippen LogP contribution in [0.4, 0.5) is 0 Å². The van der Waals surface area contributed by atoms with Gasteiger partial charge in [0.1, 0.15) is 5.56 Å². The van der Waals surface area contributed by atoms with Crippen molar-refractivity contribution in [1.29, 1.82) is 0 Å². The fourth-order valence-corrected chi connectivity index (χ4v) is 1.85. The predicted molar refractivity (Wildman–Crippen MR) is 63.2 cm³/mol. The van der Waals surface area contributed by atoms with Crippen molar-refractivity contribution >= 4 is 11.8 Å². The Morgan fingerprint density at radius 1 is 1.33 bits per heavy atom. The molecule has 0 spiro atoms. The minimum atomic E-state index is -0.519. The highest BCUT2D eigenvalue weighted by molar-refractivity contribution is 5.97. The fraction of sp³-hybridized carbons (Fsp3) is 0.455. The summed E-state index contributed by atoms with van der Waals surface area (Å²) in [7, 11) is 0. The Morgan fingerprint density at radius 2 is 2.06 bits per heavy atom. The third-order valence-corrected chi connectivity index (χ3v) is 3.01. The molecule has 2 rings (SSSR count). The molecule has 2 amide bonds. The molecule has 2 heterocycles. The van der Waals surface area contributed by atoms with E-state index in [1.54, 1.807) is 13.8 Å². The van der Waals surface area contributed by atoms with E-state index in [4.69, 9.17) is 0 Å². The topological polar surface area (TPSA) is 95.2 Å². The lowest BCUT2D eigenvalue weighted by molar-refractivity contribution is -0.123. The molecule has 1 aliphatic heterocycles. The summed E-state index contributed by atoms with van der Waals surface area (Å²) < 4.78 is 0. The number of amides is 2. The van der Waals surface area contributed by atoms with Crippen LogP contribution in [0.2, 0.25) is 0 Å². The summed E-state index contributed by atoms with van der Waals surface area (Å²) in [5, 5.41) is 8.71. The van der Waals surface area contributed by atoms with Crippen LogP contribution in [-0.4, -0.2) is 46.5 Å². The maximum Gasteiger partial charge on any atom is 0.277 e. The number of aryl methyl sites for hydroxylation is 1. The van der Waals surface area contributed by atoms with Crippen molar-refractivity contribution in [1.82, 2.24) is 20.4 Å². The molecule has 1 aromatic rings. The maximum absolute atomic E-state index is 12.2. The Hall–Kier alpha value is -2.18. The Bertz CT molecular complexity index is 564. The summed E-state index contributed by atoms with van der Waals surface area (Å²) in [6.45, 7) is 4.19. The first-order valence-electron chi connectivity index (χ1n) is 5.62. The predicted octanol–water partition coefficient (Wildman–Crippen LogP) is -1.04. The van der Waals surface area contributed by atoms with Crippen molar-refractivity contribution in [2.75, 3.05) is 19.6 Å². The molecule has 0 unspecified atom stereocenters. The van der Waals surface area contributed by atoms with Crippen LogP contribution in [0.3, 0.4) is 0 Å². The maximum atomic E-state index is 12.2. The molecule has 96 valence electrons. The first-order chi connectivity index (χ1) is 8.50. The van der Waals surface area contributed by atoms with Gasteiger partial charge in [0, 0.05) is 13.1 Å². The lowest BCUT2D eigenvalue weighted by Gasteiger charge is -2.26. The molecule has 0 atom stereocenters. The number of aromatic amines is 1. The van der Waals surface area contributed by atoms with Gasteiger partial charge in [0.05, 0.1) is 12.2 Å². The van der Waals surface area contributed by atoms with Gasteiger partial charge in [-0.3, -0.25) is 14.4 Å². The van der Waals surface area contributed by atoms with E-state index >= 15 is 0 Å². The van der Waals surface area contributed by atoms with Gasteiger partial charge < -0.3 is 10.2 Å². The number of piperazine rings is 1. The van der Waals surface area contributed by atoms with Gasteiger partial charge in [-0.2, -0.15) is 5.10 Å². The molecule has 18 heavy (non-hydrogen) atoms. The molecular weight excluding hydrogens is 236 g/mol. The lowest BCUT2D eigenvalue weighted by Crippen LogP contribution is -2.51. The zero-order valence-corrected chi connectivity index (χ0v) is 10.2. The highest BCUT2D eigenvalue weighted by Crippen LogP contribution is 2.09. The average Bonchev–Trinajstić information content (AvgIpc) is 2.34. The number of carbonyl (C=O) groups is 2. The van der Waals surface area contributed by atoms with Crippen LogP contribution in [-0.2, 0) is 4.79 Å². The average molecular weight is 250 g/mol. The van der Waals surface area contributed by atoms with Crippen LogP contribution in [0.1, 0.15) is 21.6 Å². The summed E-state index contributed by atoms with van der Waals surface area (Å²) in [5.41, 5.74) is 0.695. The molecule has 0 aromatic carbocycles. The minimum Gasteiger partial charge on any atom is -0.353 e. The van der Waals surface area contributed by atoms with Crippen molar-refractivity contribution in [3.05, 3.63) is 27.2 Å². The van der Waals surface area contributed by atoms with E-state index < -0.39 is 11.5 Å². The number of H-pyrrole nitrogens is 1. The zero-order chi connectivity index (χ0) is 13.3. The molecule has 2 N–H and O–H groups in total. The molecule has 0 aliphatic carbocycles. The Morgan fingerprint density at radius 3 is 2.72 bits per heavy atom. The van der Waals surface area contributed by atoms with Crippen molar-refractivity contribution in [3.63, 3.8) is 0 Å². The number of hydrogen-bond acceptors (Lipinski definition) is 4. The highest BCUT2D eigenvalue weighted by Gasteiger charge is 2.26. The fourth-order valence-electron chi connectivity index (χ4n) is 1.85. The Kier molecular flexibility index (Phi) is 3.14. The number of aromatic nitrogens is 2. The Balaban J connectivity index is 2.37. The SMILES string of the molecule is Cc1n[nH]c(=O)c(C(=O)N2CCNC(=O)C2)c1C. The normalized spacial score (nSPS) is 15.4. The molecule has 1 saturated heterocycles. The van der Waals surface area contributed by atoms with Crippen LogP contribution in [0.5, 0.6) is 0 Å². The van der Waals surface area contributed by atoms with Gasteiger partial charge in [-0.15, -0.1) is 0 Å². The van der Waals surface area contributed by atoms with Gasteiger partial charge in [0.15, 0.2) is 0 Å². The van der Waals surface area contributed by atoms with E-state index in [9.17, 15) is 14.4 Å². The smallest absolute Gasteiger partial charge is 0.277 e. The van der Waals surface area contributed by atoms with E-state index in [2.05, 4.69) is 15.5 Å². The minimum absolute atomic E-state index is 0.0148. The van der Waals surface area contributed by atoms with Crippen LogP contribution >= 0.6 is 0 Å². The second kappa shape index (κ2) is 4.59. The number of nitrogens with one attached hydrogen (secondary N) is 2. The molecule has 7 heteroatoms. The van der Waals surface area contributed by atoms with Crippen LogP contribution in [0.15, 0.2) is 4.79 Å². The van der Waals surface area contributed by atoms with Crippen LogP contribution < -0.4 is 10.9 Å². The van der Waals surface area contributed by atoms with E-state index in [1.807, 2.05) is 0 Å². The van der Waals surface area contributed by atoms with Crippen LogP contribution in [0, 0.1) is 13.8 Å². The molecule has 1 fully saturated rings. The monoisotopic (exact) mass is 250 g/mol. The van der Waals surface area contributed by atoms with Gasteiger partial charge >= 0.3 is 0 Å². The third-order valence-electron chi connectivity index (χ3n) is 3.01. The summed E-state index contributed by atoms with van der Waals surface area (Å²) in [5.74, 6) is -0.636. The lowest BCUT2D eigenvalue weighted by atomic mass is 10.1. The van der Waals surface area contributed by atoms with E-state index in [1.165, 1.54) is 4.90 Å². The van der Waals surface area contributed by atoms with Gasteiger partial charge in [0.25, 0.3) is 11.5 Å². The van der Waals surface area contributed by atoms with Crippen molar-refractivity contribution in [2.24, 2.45) is 0 Å². The molecular formula is C11H14N4O3. The molecule has 1 aliphatic rings. The summed E-state index contributed by atoms with van der Waals surface area (Å²) in [6, 6.07) is 0. The first-order valence-corrected chi connectivity index (χ1v) is 5.62. The second-order valence-corrected chi connectivity index (χ2v) is 4.21. The Labute approximate surface area is 103 Å². The number of rotatable bonds is 1. The van der Waals surface area contributed by atoms with Gasteiger partial charge in [-0.05, 0) is 19.4 Å². The standard InChI is InChI=1S/C11H14N4O3/c1-6-7(2)13-14-10(17)9(6)11(18)15-4-3-12-8(16)5-15/h3-5H2,1-2H3,(H,12,16)(H,14,17). The molecule has 1 aromatic heterocycles. The zero-order valence-electron chi connectivity index (χ0n) is 10.2. The van der Waals surface area contributed by atoms with Gasteiger partial charge in [-0.1, -0.05) is 0 Å². The number of hydrogen-bond donors (Lipinski definition) is 2. The summed E-state index contributed by atoms with van der Waals surface area (Å²) in [6.07, 6.45) is 0. The number of nitrogens with zero attached hydrogens (tertiary/aromatic N) is 2. The largest absolute Gasteiger partial charge is 0.353 e. The van der Waals surface area contributed by atoms with Crippen LogP contribution in [0.25, 0.3) is 0 Å².